The molecule has 0 radical (unpaired) electrons. The van der Waals surface area contributed by atoms with E-state index < -0.39 is 0 Å². The molecule has 1 nitrogen and oxygen atoms in total. The molecule has 0 amide bonds. The second kappa shape index (κ2) is 12.7. The molecule has 192 valence electrons. The lowest BCUT2D eigenvalue weighted by atomic mass is 10.1. The Labute approximate surface area is 236 Å². The lowest BCUT2D eigenvalue weighted by Crippen LogP contribution is -1.85. The maximum atomic E-state index is 11.8. The Morgan fingerprint density at radius 2 is 1.38 bits per heavy atom. The van der Waals surface area contributed by atoms with E-state index in [1.54, 1.807) is 0 Å². The number of carbonyl (C=O) groups excluding carboxylic acids is 1. The maximum absolute atomic E-state index is 11.8. The van der Waals surface area contributed by atoms with Crippen molar-refractivity contribution in [3.05, 3.63) is 90.1 Å². The molecule has 0 aliphatic carbocycles. The highest BCUT2D eigenvalue weighted by atomic mass is 32.1. The Kier molecular flexibility index (Phi) is 9.09. The van der Waals surface area contributed by atoms with Gasteiger partial charge in [0.25, 0.3) is 0 Å². The molecule has 0 saturated carbocycles. The van der Waals surface area contributed by atoms with Gasteiger partial charge in [0, 0.05) is 57.1 Å². The fourth-order valence-electron chi connectivity index (χ4n) is 4.81. The van der Waals surface area contributed by atoms with Gasteiger partial charge in [0.2, 0.25) is 0 Å². The van der Waals surface area contributed by atoms with Crippen LogP contribution in [-0.2, 0) is 19.3 Å². The van der Waals surface area contributed by atoms with E-state index in [1.807, 2.05) is 45.3 Å². The van der Waals surface area contributed by atoms with E-state index in [0.29, 0.717) is 0 Å². The molecule has 0 unspecified atom stereocenters. The topological polar surface area (TPSA) is 17.1 Å². The largest absolute Gasteiger partial charge is 0.298 e. The first kappa shape index (κ1) is 26.6. The van der Waals surface area contributed by atoms with Crippen LogP contribution in [0.25, 0.3) is 19.8 Å². The highest BCUT2D eigenvalue weighted by Crippen LogP contribution is 2.39. The molecule has 0 bridgehead atoms. The maximum Gasteiger partial charge on any atom is 0.151 e. The number of carbonyl (C=O) groups is 1. The average molecular weight is 563 g/mol. The molecule has 4 aromatic heterocycles. The van der Waals surface area contributed by atoms with Crippen LogP contribution in [0.15, 0.2) is 54.6 Å². The predicted molar refractivity (Wildman–Crippen MR) is 167 cm³/mol. The quantitative estimate of drug-likeness (QED) is 0.103. The fourth-order valence-corrected chi connectivity index (χ4v) is 9.87. The standard InChI is InChI=1S/C32H34OS4/c1-3-4-5-6-7-11-14-25-16-24(21-33)30(34-25)18-27-20-32-31(36-27)19-26(35-32)17-28-22(2)15-29(37-28)23-12-9-8-10-13-23/h8-10,12-13,15-16,19-21H,3-7,11,14,17-18H2,1-2H3. The van der Waals surface area contributed by atoms with Gasteiger partial charge in [-0.25, -0.2) is 0 Å². The third kappa shape index (κ3) is 6.69. The van der Waals surface area contributed by atoms with Crippen LogP contribution < -0.4 is 0 Å². The first-order valence-corrected chi connectivity index (χ1v) is 16.6. The number of thiophene rings is 4. The summed E-state index contributed by atoms with van der Waals surface area (Å²) in [6.45, 7) is 4.50. The molecule has 0 spiro atoms. The molecule has 5 rings (SSSR count). The minimum Gasteiger partial charge on any atom is -0.298 e. The van der Waals surface area contributed by atoms with Gasteiger partial charge in [-0.05, 0) is 55.2 Å². The zero-order chi connectivity index (χ0) is 25.6. The van der Waals surface area contributed by atoms with Crippen molar-refractivity contribution in [3.8, 4) is 10.4 Å². The van der Waals surface area contributed by atoms with Gasteiger partial charge in [0.1, 0.15) is 0 Å². The Morgan fingerprint density at radius 1 is 0.703 bits per heavy atom. The smallest absolute Gasteiger partial charge is 0.151 e. The summed E-state index contributed by atoms with van der Waals surface area (Å²) < 4.78 is 2.76. The zero-order valence-electron chi connectivity index (χ0n) is 21.7. The van der Waals surface area contributed by atoms with Crippen molar-refractivity contribution in [1.29, 1.82) is 0 Å². The first-order valence-electron chi connectivity index (χ1n) is 13.4. The van der Waals surface area contributed by atoms with Crippen molar-refractivity contribution in [2.45, 2.75) is 71.6 Å². The fraction of sp³-hybridized carbons (Fsp3) is 0.344. The van der Waals surface area contributed by atoms with Crippen LogP contribution in [0.3, 0.4) is 0 Å². The summed E-state index contributed by atoms with van der Waals surface area (Å²) in [5.74, 6) is 0. The normalized spacial score (nSPS) is 11.5. The molecule has 0 aliphatic heterocycles. The lowest BCUT2D eigenvalue weighted by molar-refractivity contribution is 0.112. The number of aldehydes is 1. The van der Waals surface area contributed by atoms with Gasteiger partial charge in [0.05, 0.1) is 0 Å². The number of fused-ring (bicyclic) bond motifs is 1. The second-order valence-corrected chi connectivity index (χ2v) is 14.5. The summed E-state index contributed by atoms with van der Waals surface area (Å²) in [6.07, 6.45) is 11.9. The number of hydrogen-bond donors (Lipinski definition) is 0. The molecule has 4 heterocycles. The van der Waals surface area contributed by atoms with Gasteiger partial charge in [-0.2, -0.15) is 0 Å². The molecule has 1 aromatic carbocycles. The van der Waals surface area contributed by atoms with E-state index in [0.717, 1.165) is 31.1 Å². The first-order chi connectivity index (χ1) is 18.1. The number of rotatable bonds is 13. The van der Waals surface area contributed by atoms with Crippen LogP contribution in [-0.4, -0.2) is 6.29 Å². The molecule has 0 atom stereocenters. The lowest BCUT2D eigenvalue weighted by Gasteiger charge is -1.99. The van der Waals surface area contributed by atoms with Crippen LogP contribution in [0.5, 0.6) is 0 Å². The van der Waals surface area contributed by atoms with Gasteiger partial charge in [-0.15, -0.1) is 45.3 Å². The molecular weight excluding hydrogens is 529 g/mol. The molecule has 37 heavy (non-hydrogen) atoms. The monoisotopic (exact) mass is 562 g/mol. The second-order valence-electron chi connectivity index (χ2n) is 9.82. The summed E-state index contributed by atoms with van der Waals surface area (Å²) in [4.78, 5) is 20.0. The Balaban J connectivity index is 1.22. The summed E-state index contributed by atoms with van der Waals surface area (Å²) >= 11 is 7.58. The highest BCUT2D eigenvalue weighted by Gasteiger charge is 2.14. The zero-order valence-corrected chi connectivity index (χ0v) is 24.9. The van der Waals surface area contributed by atoms with Gasteiger partial charge in [0.15, 0.2) is 6.29 Å². The van der Waals surface area contributed by atoms with Crippen molar-refractivity contribution in [1.82, 2.24) is 0 Å². The summed E-state index contributed by atoms with van der Waals surface area (Å²) in [5, 5.41) is 0. The SMILES string of the molecule is CCCCCCCCc1cc(C=O)c(Cc2cc3sc(Cc4sc(-c5ccccc5)cc4C)cc3s2)s1. The van der Waals surface area contributed by atoms with Crippen LogP contribution in [0.2, 0.25) is 0 Å². The van der Waals surface area contributed by atoms with E-state index in [9.17, 15) is 4.79 Å². The Morgan fingerprint density at radius 3 is 2.08 bits per heavy atom. The molecule has 5 aromatic rings. The van der Waals surface area contributed by atoms with E-state index in [-0.39, 0.29) is 0 Å². The van der Waals surface area contributed by atoms with E-state index in [4.69, 9.17) is 0 Å². The number of benzene rings is 1. The number of aryl methyl sites for hydroxylation is 2. The minimum atomic E-state index is 0.876. The highest BCUT2D eigenvalue weighted by molar-refractivity contribution is 7.28. The minimum absolute atomic E-state index is 0.876. The predicted octanol–water partition coefficient (Wildman–Crippen LogP) is 11.0. The molecular formula is C32H34OS4. The summed E-state index contributed by atoms with van der Waals surface area (Å²) in [7, 11) is 0. The van der Waals surface area contributed by atoms with Crippen molar-refractivity contribution >= 4 is 61.0 Å². The van der Waals surface area contributed by atoms with Crippen molar-refractivity contribution in [3.63, 3.8) is 0 Å². The third-order valence-corrected chi connectivity index (χ3v) is 11.6. The molecule has 5 heteroatoms. The average Bonchev–Trinajstić information content (AvgIpc) is 3.66. The van der Waals surface area contributed by atoms with E-state index >= 15 is 0 Å². The van der Waals surface area contributed by atoms with Crippen LogP contribution in [0, 0.1) is 6.92 Å². The van der Waals surface area contributed by atoms with Crippen LogP contribution in [0.1, 0.15) is 85.8 Å². The van der Waals surface area contributed by atoms with Gasteiger partial charge >= 0.3 is 0 Å². The molecule has 0 saturated heterocycles. The molecule has 0 aliphatic rings. The summed E-state index contributed by atoms with van der Waals surface area (Å²) in [6, 6.07) is 19.9. The molecule has 0 N–H and O–H groups in total. The van der Waals surface area contributed by atoms with Crippen LogP contribution in [0.4, 0.5) is 0 Å². The van der Waals surface area contributed by atoms with E-state index in [2.05, 4.69) is 68.4 Å². The van der Waals surface area contributed by atoms with Crippen molar-refractivity contribution in [2.24, 2.45) is 0 Å². The third-order valence-electron chi connectivity index (χ3n) is 6.85. The number of hydrogen-bond acceptors (Lipinski definition) is 5. The van der Waals surface area contributed by atoms with Crippen molar-refractivity contribution < 1.29 is 4.79 Å². The van der Waals surface area contributed by atoms with Crippen LogP contribution >= 0.6 is 45.3 Å². The van der Waals surface area contributed by atoms with Crippen molar-refractivity contribution in [2.75, 3.05) is 0 Å². The number of unbranched alkanes of at least 4 members (excludes halogenated alkanes) is 5. The Hall–Kier alpha value is -2.05. The van der Waals surface area contributed by atoms with Gasteiger partial charge in [-0.3, -0.25) is 4.79 Å². The van der Waals surface area contributed by atoms with Gasteiger partial charge in [-0.1, -0.05) is 69.4 Å². The summed E-state index contributed by atoms with van der Waals surface area (Å²) in [5.41, 5.74) is 3.58. The van der Waals surface area contributed by atoms with Gasteiger partial charge < -0.3 is 0 Å². The Bertz CT molecular complexity index is 1420. The van der Waals surface area contributed by atoms with E-state index in [1.165, 1.54) is 88.3 Å². The molecule has 0 fully saturated rings.